The maximum absolute atomic E-state index is 13.9. The van der Waals surface area contributed by atoms with E-state index in [4.69, 9.17) is 18.5 Å². The van der Waals surface area contributed by atoms with Gasteiger partial charge in [0.15, 0.2) is 0 Å². The zero-order valence-corrected chi connectivity index (χ0v) is 25.0. The summed E-state index contributed by atoms with van der Waals surface area (Å²) in [5.41, 5.74) is -0.310. The van der Waals surface area contributed by atoms with Gasteiger partial charge < -0.3 is 19.1 Å². The summed E-state index contributed by atoms with van der Waals surface area (Å²) in [6.45, 7) is 8.14. The number of H-pyrrole nitrogens is 1. The zero-order chi connectivity index (χ0) is 29.9. The highest BCUT2D eigenvalue weighted by molar-refractivity contribution is 7.52. The Morgan fingerprint density at radius 1 is 1.17 bits per heavy atom. The van der Waals surface area contributed by atoms with E-state index in [1.165, 1.54) is 24.1 Å². The van der Waals surface area contributed by atoms with E-state index in [9.17, 15) is 24.1 Å². The Morgan fingerprint density at radius 2 is 1.88 bits per heavy atom. The van der Waals surface area contributed by atoms with Gasteiger partial charge in [-0.15, -0.1) is 11.3 Å². The minimum Gasteiger partial charge on any atom is -0.462 e. The standard InChI is InChI=1S/C27H34N3O9PS/c1-15(2)37-26(33)18(5)29-40(35,39-20-9-7-19(8-10-20)22-11-6-16(3)41-22)36-14-21-24(32)17(4)25(38-21)30-13-12-23(31)28-27(30)34/h6-13,15,17-18,21,24-25,32H,14H2,1-5H3,(H,29,35)(H,28,31,34)/t17-,18-,21+,24-,25+,40?/m0/s1. The zero-order valence-electron chi connectivity index (χ0n) is 23.3. The van der Waals surface area contributed by atoms with Crippen LogP contribution < -0.4 is 20.9 Å². The van der Waals surface area contributed by atoms with Crippen molar-refractivity contribution >= 4 is 25.1 Å². The molecule has 3 aromatic rings. The molecule has 1 aliphatic rings. The number of thiophene rings is 1. The molecule has 1 aliphatic heterocycles. The molecule has 1 fully saturated rings. The molecule has 14 heteroatoms. The van der Waals surface area contributed by atoms with E-state index in [-0.39, 0.29) is 5.75 Å². The molecule has 12 nitrogen and oxygen atoms in total. The summed E-state index contributed by atoms with van der Waals surface area (Å²) in [4.78, 5) is 40.6. The Hall–Kier alpha value is -3.06. The van der Waals surface area contributed by atoms with Gasteiger partial charge in [-0.3, -0.25) is 23.7 Å². The summed E-state index contributed by atoms with van der Waals surface area (Å²) in [5.74, 6) is -1.01. The number of hydrogen-bond donors (Lipinski definition) is 3. The highest BCUT2D eigenvalue weighted by atomic mass is 32.1. The lowest BCUT2D eigenvalue weighted by Crippen LogP contribution is -2.37. The Bertz CT molecular complexity index is 1520. The molecule has 0 saturated carbocycles. The second kappa shape index (κ2) is 12.8. The van der Waals surface area contributed by atoms with E-state index in [0.717, 1.165) is 15.0 Å². The van der Waals surface area contributed by atoms with Crippen molar-refractivity contribution in [2.24, 2.45) is 5.92 Å². The van der Waals surface area contributed by atoms with Crippen LogP contribution in [0.1, 0.15) is 38.8 Å². The second-order valence-electron chi connectivity index (χ2n) is 10.1. The number of aliphatic hydroxyl groups is 1. The Labute approximate surface area is 240 Å². The number of carbonyl (C=O) groups excluding carboxylic acids is 1. The summed E-state index contributed by atoms with van der Waals surface area (Å²) in [6.07, 6.45) is -2.14. The van der Waals surface area contributed by atoms with Crippen LogP contribution in [-0.4, -0.2) is 51.6 Å². The molecule has 222 valence electrons. The van der Waals surface area contributed by atoms with Gasteiger partial charge in [-0.05, 0) is 69.7 Å². The summed E-state index contributed by atoms with van der Waals surface area (Å²) in [7, 11) is -4.24. The average molecular weight is 608 g/mol. The van der Waals surface area contributed by atoms with Crippen molar-refractivity contribution in [3.05, 3.63) is 74.4 Å². The maximum atomic E-state index is 13.9. The smallest absolute Gasteiger partial charge is 0.459 e. The van der Waals surface area contributed by atoms with Gasteiger partial charge >= 0.3 is 19.4 Å². The van der Waals surface area contributed by atoms with Crippen LogP contribution in [0.3, 0.4) is 0 Å². The SMILES string of the molecule is Cc1ccc(-c2ccc(OP(=O)(N[C@@H](C)C(=O)OC(C)C)OC[C@H]3O[C@@H](n4ccc(=O)[nH]c4=O)[C@@H](C)[C@@H]3O)cc2)s1. The molecule has 1 aromatic carbocycles. The second-order valence-corrected chi connectivity index (χ2v) is 13.1. The molecule has 3 N–H and O–H groups in total. The minimum atomic E-state index is -4.24. The predicted octanol–water partition coefficient (Wildman–Crippen LogP) is 3.60. The van der Waals surface area contributed by atoms with Crippen molar-refractivity contribution in [1.29, 1.82) is 0 Å². The van der Waals surface area contributed by atoms with Crippen LogP contribution in [0.4, 0.5) is 0 Å². The fraction of sp³-hybridized carbons (Fsp3) is 0.444. The van der Waals surface area contributed by atoms with Gasteiger partial charge in [0, 0.05) is 27.9 Å². The quantitative estimate of drug-likeness (QED) is 0.217. The summed E-state index contributed by atoms with van der Waals surface area (Å²) < 4.78 is 37.7. The number of benzene rings is 1. The topological polar surface area (TPSA) is 158 Å². The Morgan fingerprint density at radius 3 is 2.49 bits per heavy atom. The van der Waals surface area contributed by atoms with E-state index in [1.807, 2.05) is 31.2 Å². The molecule has 41 heavy (non-hydrogen) atoms. The molecular weight excluding hydrogens is 573 g/mol. The highest BCUT2D eigenvalue weighted by Crippen LogP contribution is 2.46. The summed E-state index contributed by atoms with van der Waals surface area (Å²) >= 11 is 1.64. The van der Waals surface area contributed by atoms with Crippen molar-refractivity contribution in [2.75, 3.05) is 6.61 Å². The van der Waals surface area contributed by atoms with Gasteiger partial charge in [0.25, 0.3) is 5.56 Å². The molecule has 1 unspecified atom stereocenters. The number of aromatic amines is 1. The van der Waals surface area contributed by atoms with E-state index in [2.05, 4.69) is 10.1 Å². The van der Waals surface area contributed by atoms with E-state index < -0.39 is 68.1 Å². The molecule has 0 amide bonds. The van der Waals surface area contributed by atoms with Crippen molar-refractivity contribution in [3.8, 4) is 16.2 Å². The number of aryl methyl sites for hydroxylation is 1. The van der Waals surface area contributed by atoms with Crippen LogP contribution in [0, 0.1) is 12.8 Å². The summed E-state index contributed by atoms with van der Waals surface area (Å²) in [5, 5.41) is 13.4. The van der Waals surface area contributed by atoms with Crippen LogP contribution in [-0.2, 0) is 23.4 Å². The first kappa shape index (κ1) is 30.9. The number of esters is 1. The largest absolute Gasteiger partial charge is 0.462 e. The van der Waals surface area contributed by atoms with Crippen LogP contribution >= 0.6 is 19.1 Å². The van der Waals surface area contributed by atoms with Crippen LogP contribution in [0.25, 0.3) is 10.4 Å². The molecule has 0 spiro atoms. The van der Waals surface area contributed by atoms with Gasteiger partial charge in [0.1, 0.15) is 24.1 Å². The number of aromatic nitrogens is 2. The van der Waals surface area contributed by atoms with Crippen molar-refractivity contribution in [2.45, 2.75) is 65.2 Å². The van der Waals surface area contributed by atoms with Crippen LogP contribution in [0.2, 0.25) is 0 Å². The number of nitrogens with zero attached hydrogens (tertiary/aromatic N) is 1. The Kier molecular flexibility index (Phi) is 9.68. The molecule has 0 aliphatic carbocycles. The van der Waals surface area contributed by atoms with Gasteiger partial charge in [0.2, 0.25) is 0 Å². The van der Waals surface area contributed by atoms with E-state index in [0.29, 0.717) is 0 Å². The fourth-order valence-electron chi connectivity index (χ4n) is 4.27. The molecule has 1 saturated heterocycles. The van der Waals surface area contributed by atoms with Crippen LogP contribution in [0.15, 0.2) is 58.3 Å². The average Bonchev–Trinajstić information content (AvgIpc) is 3.46. The fourth-order valence-corrected chi connectivity index (χ4v) is 6.64. The first-order chi connectivity index (χ1) is 19.3. The van der Waals surface area contributed by atoms with Crippen molar-refractivity contribution < 1.29 is 33.0 Å². The number of nitrogens with one attached hydrogen (secondary N) is 2. The normalized spacial score (nSPS) is 22.8. The lowest BCUT2D eigenvalue weighted by Gasteiger charge is -2.25. The lowest BCUT2D eigenvalue weighted by atomic mass is 10.0. The number of aliphatic hydroxyl groups excluding tert-OH is 1. The van der Waals surface area contributed by atoms with Gasteiger partial charge in [0.05, 0.1) is 18.8 Å². The van der Waals surface area contributed by atoms with Crippen molar-refractivity contribution in [3.63, 3.8) is 0 Å². The monoisotopic (exact) mass is 607 g/mol. The molecule has 4 rings (SSSR count). The molecule has 3 heterocycles. The number of ether oxygens (including phenoxy) is 2. The third-order valence-corrected chi connectivity index (χ3v) is 9.07. The van der Waals surface area contributed by atoms with E-state index in [1.54, 1.807) is 44.2 Å². The molecule has 2 aromatic heterocycles. The van der Waals surface area contributed by atoms with Crippen LogP contribution in [0.5, 0.6) is 5.75 Å². The molecular formula is C27H34N3O9PS. The third-order valence-electron chi connectivity index (χ3n) is 6.38. The Balaban J connectivity index is 1.51. The van der Waals surface area contributed by atoms with Gasteiger partial charge in [-0.2, -0.15) is 5.09 Å². The van der Waals surface area contributed by atoms with Gasteiger partial charge in [-0.25, -0.2) is 9.36 Å². The number of rotatable bonds is 11. The molecule has 6 atom stereocenters. The highest BCUT2D eigenvalue weighted by Gasteiger charge is 2.44. The lowest BCUT2D eigenvalue weighted by molar-refractivity contribution is -0.149. The number of hydrogen-bond acceptors (Lipinski definition) is 10. The molecule has 0 bridgehead atoms. The predicted molar refractivity (Wildman–Crippen MR) is 153 cm³/mol. The first-order valence-corrected chi connectivity index (χ1v) is 15.5. The third kappa shape index (κ3) is 7.62. The van der Waals surface area contributed by atoms with Crippen molar-refractivity contribution in [1.82, 2.24) is 14.6 Å². The van der Waals surface area contributed by atoms with Gasteiger partial charge in [-0.1, -0.05) is 6.92 Å². The van der Waals surface area contributed by atoms with E-state index >= 15 is 0 Å². The summed E-state index contributed by atoms with van der Waals surface area (Å²) in [6, 6.07) is 11.1. The number of carbonyl (C=O) groups is 1. The molecule has 0 radical (unpaired) electrons. The maximum Gasteiger partial charge on any atom is 0.459 e. The first-order valence-electron chi connectivity index (χ1n) is 13.1. The minimum absolute atomic E-state index is 0.223.